The maximum Gasteiger partial charge on any atom is 0.351 e. The van der Waals surface area contributed by atoms with Gasteiger partial charge in [0, 0.05) is 0 Å². The number of esters is 1. The molecule has 16 heavy (non-hydrogen) atoms. The third kappa shape index (κ3) is 2.16. The van der Waals surface area contributed by atoms with Crippen molar-refractivity contribution in [2.75, 3.05) is 13.2 Å². The Bertz CT molecular complexity index is 400. The number of hydrogen-bond donors (Lipinski definition) is 0. The lowest BCUT2D eigenvalue weighted by molar-refractivity contribution is -0.153. The number of hydrogen-bond acceptors (Lipinski definition) is 4. The van der Waals surface area contributed by atoms with Crippen LogP contribution in [0.25, 0.3) is 0 Å². The summed E-state index contributed by atoms with van der Waals surface area (Å²) in [6.45, 7) is 3.82. The van der Waals surface area contributed by atoms with Gasteiger partial charge in [0.25, 0.3) is 0 Å². The van der Waals surface area contributed by atoms with Gasteiger partial charge in [0.1, 0.15) is 13.2 Å². The van der Waals surface area contributed by atoms with E-state index in [-0.39, 0.29) is 13.2 Å². The Kier molecular flexibility index (Phi) is 3.10. The number of carbonyl (C=O) groups excluding carboxylic acids is 1. The first-order chi connectivity index (χ1) is 7.81. The molecule has 0 N–H and O–H groups in total. The van der Waals surface area contributed by atoms with Gasteiger partial charge in [-0.1, -0.05) is 24.8 Å². The van der Waals surface area contributed by atoms with E-state index in [2.05, 4.69) is 6.58 Å². The molecule has 0 fully saturated rings. The Morgan fingerprint density at radius 2 is 2.25 bits per heavy atom. The molecule has 0 spiro atoms. The molecule has 1 unspecified atom stereocenters. The Balaban J connectivity index is 2.02. The first-order valence-corrected chi connectivity index (χ1v) is 4.97. The number of benzene rings is 1. The van der Waals surface area contributed by atoms with E-state index < -0.39 is 12.1 Å². The Morgan fingerprint density at radius 1 is 1.50 bits per heavy atom. The standard InChI is InChI=1S/C12H12O4/c1-2-7-14-12(13)11-8-15-9-5-3-4-6-10(9)16-11/h2-6,11H,1,7-8H2. The van der Waals surface area contributed by atoms with Gasteiger partial charge in [-0.15, -0.1) is 0 Å². The smallest absolute Gasteiger partial charge is 0.351 e. The van der Waals surface area contributed by atoms with Gasteiger partial charge in [0.05, 0.1) is 0 Å². The summed E-state index contributed by atoms with van der Waals surface area (Å²) in [7, 11) is 0. The molecule has 1 atom stereocenters. The van der Waals surface area contributed by atoms with Crippen molar-refractivity contribution in [3.8, 4) is 11.5 Å². The number of fused-ring (bicyclic) bond motifs is 1. The highest BCUT2D eigenvalue weighted by Gasteiger charge is 2.28. The number of rotatable bonds is 3. The van der Waals surface area contributed by atoms with Gasteiger partial charge < -0.3 is 14.2 Å². The van der Waals surface area contributed by atoms with E-state index >= 15 is 0 Å². The van der Waals surface area contributed by atoms with E-state index in [9.17, 15) is 4.79 Å². The van der Waals surface area contributed by atoms with Gasteiger partial charge in [-0.2, -0.15) is 0 Å². The SMILES string of the molecule is C=CCOC(=O)C1COc2ccccc2O1. The van der Waals surface area contributed by atoms with Gasteiger partial charge >= 0.3 is 5.97 Å². The molecule has 2 rings (SSSR count). The molecule has 0 bridgehead atoms. The van der Waals surface area contributed by atoms with Crippen molar-refractivity contribution in [2.45, 2.75) is 6.10 Å². The van der Waals surface area contributed by atoms with Crippen molar-refractivity contribution in [3.63, 3.8) is 0 Å². The summed E-state index contributed by atoms with van der Waals surface area (Å²) in [6, 6.07) is 7.21. The van der Waals surface area contributed by atoms with E-state index in [1.807, 2.05) is 12.1 Å². The molecule has 0 radical (unpaired) electrons. The van der Waals surface area contributed by atoms with Gasteiger partial charge in [-0.05, 0) is 12.1 Å². The van der Waals surface area contributed by atoms with E-state index in [0.717, 1.165) is 0 Å². The quantitative estimate of drug-likeness (QED) is 0.572. The number of carbonyl (C=O) groups is 1. The van der Waals surface area contributed by atoms with Crippen LogP contribution in [0.1, 0.15) is 0 Å². The Morgan fingerprint density at radius 3 is 3.00 bits per heavy atom. The lowest BCUT2D eigenvalue weighted by Gasteiger charge is -2.24. The molecular weight excluding hydrogens is 208 g/mol. The van der Waals surface area contributed by atoms with Crippen LogP contribution >= 0.6 is 0 Å². The second-order valence-electron chi connectivity index (χ2n) is 3.28. The van der Waals surface area contributed by atoms with Crippen LogP contribution in [-0.4, -0.2) is 25.3 Å². The predicted octanol–water partition coefficient (Wildman–Crippen LogP) is 1.56. The van der Waals surface area contributed by atoms with Crippen LogP contribution in [0.4, 0.5) is 0 Å². The zero-order valence-corrected chi connectivity index (χ0v) is 8.72. The summed E-state index contributed by atoms with van der Waals surface area (Å²) in [5, 5.41) is 0. The predicted molar refractivity (Wildman–Crippen MR) is 57.5 cm³/mol. The van der Waals surface area contributed by atoms with Crippen LogP contribution < -0.4 is 9.47 Å². The third-order valence-corrected chi connectivity index (χ3v) is 2.11. The van der Waals surface area contributed by atoms with Gasteiger partial charge in [0.15, 0.2) is 11.5 Å². The molecule has 1 aliphatic rings. The number of ether oxygens (including phenoxy) is 3. The normalized spacial score (nSPS) is 17.6. The van der Waals surface area contributed by atoms with E-state index in [4.69, 9.17) is 14.2 Å². The van der Waals surface area contributed by atoms with Crippen LogP contribution in [-0.2, 0) is 9.53 Å². The van der Waals surface area contributed by atoms with Crippen molar-refractivity contribution < 1.29 is 19.0 Å². The maximum absolute atomic E-state index is 11.5. The minimum absolute atomic E-state index is 0.174. The van der Waals surface area contributed by atoms with Gasteiger partial charge in [-0.25, -0.2) is 4.79 Å². The summed E-state index contributed by atoms with van der Waals surface area (Å²) in [6.07, 6.45) is 0.810. The van der Waals surface area contributed by atoms with Crippen LogP contribution in [0.5, 0.6) is 11.5 Å². The topological polar surface area (TPSA) is 44.8 Å². The highest BCUT2D eigenvalue weighted by atomic mass is 16.6. The zero-order chi connectivity index (χ0) is 11.4. The van der Waals surface area contributed by atoms with Crippen LogP contribution in [0, 0.1) is 0 Å². The summed E-state index contributed by atoms with van der Waals surface area (Å²) in [5.74, 6) is 0.777. The maximum atomic E-state index is 11.5. The molecule has 0 aliphatic carbocycles. The molecule has 1 aromatic rings. The monoisotopic (exact) mass is 220 g/mol. The molecular formula is C12H12O4. The van der Waals surface area contributed by atoms with Crippen molar-refractivity contribution in [1.29, 1.82) is 0 Å². The van der Waals surface area contributed by atoms with E-state index in [1.165, 1.54) is 6.08 Å². The minimum Gasteiger partial charge on any atom is -0.485 e. The molecule has 0 saturated carbocycles. The summed E-state index contributed by atoms with van der Waals surface area (Å²) in [4.78, 5) is 11.5. The van der Waals surface area contributed by atoms with Gasteiger partial charge in [-0.3, -0.25) is 0 Å². The lowest BCUT2D eigenvalue weighted by atomic mass is 10.2. The van der Waals surface area contributed by atoms with E-state index in [0.29, 0.717) is 11.5 Å². The van der Waals surface area contributed by atoms with Crippen molar-refractivity contribution in [2.24, 2.45) is 0 Å². The second-order valence-corrected chi connectivity index (χ2v) is 3.28. The first kappa shape index (κ1) is 10.5. The first-order valence-electron chi connectivity index (χ1n) is 4.97. The minimum atomic E-state index is -0.699. The average molecular weight is 220 g/mol. The highest BCUT2D eigenvalue weighted by Crippen LogP contribution is 2.30. The fourth-order valence-electron chi connectivity index (χ4n) is 1.37. The fourth-order valence-corrected chi connectivity index (χ4v) is 1.37. The molecule has 4 nitrogen and oxygen atoms in total. The van der Waals surface area contributed by atoms with E-state index in [1.54, 1.807) is 12.1 Å². The molecule has 4 heteroatoms. The Hall–Kier alpha value is -1.97. The molecule has 1 heterocycles. The van der Waals surface area contributed by atoms with Crippen molar-refractivity contribution in [3.05, 3.63) is 36.9 Å². The summed E-state index contributed by atoms with van der Waals surface area (Å²) >= 11 is 0. The highest BCUT2D eigenvalue weighted by molar-refractivity contribution is 5.76. The molecule has 0 aromatic heterocycles. The molecule has 1 aromatic carbocycles. The molecule has 0 amide bonds. The van der Waals surface area contributed by atoms with Crippen LogP contribution in [0.15, 0.2) is 36.9 Å². The van der Waals surface area contributed by atoms with Gasteiger partial charge in [0.2, 0.25) is 6.10 Å². The largest absolute Gasteiger partial charge is 0.485 e. The zero-order valence-electron chi connectivity index (χ0n) is 8.72. The fraction of sp³-hybridized carbons (Fsp3) is 0.250. The average Bonchev–Trinajstić information content (AvgIpc) is 2.35. The summed E-state index contributed by atoms with van der Waals surface area (Å²) < 4.78 is 15.7. The Labute approximate surface area is 93.4 Å². The van der Waals surface area contributed by atoms with Crippen molar-refractivity contribution in [1.82, 2.24) is 0 Å². The number of para-hydroxylation sites is 2. The second kappa shape index (κ2) is 4.70. The molecule has 0 saturated heterocycles. The summed E-state index contributed by atoms with van der Waals surface area (Å²) in [5.41, 5.74) is 0. The van der Waals surface area contributed by atoms with Crippen LogP contribution in [0.3, 0.4) is 0 Å². The van der Waals surface area contributed by atoms with Crippen LogP contribution in [0.2, 0.25) is 0 Å². The third-order valence-electron chi connectivity index (χ3n) is 2.11. The molecule has 84 valence electrons. The van der Waals surface area contributed by atoms with Crippen molar-refractivity contribution >= 4 is 5.97 Å². The molecule has 1 aliphatic heterocycles. The lowest BCUT2D eigenvalue weighted by Crippen LogP contribution is -2.37.